The Morgan fingerprint density at radius 2 is 2.41 bits per heavy atom. The molecule has 2 aromatic rings. The van der Waals surface area contributed by atoms with Crippen LogP contribution in [0.1, 0.15) is 19.8 Å². The second-order valence-electron chi connectivity index (χ2n) is 4.71. The lowest BCUT2D eigenvalue weighted by Gasteiger charge is -2.38. The number of anilines is 1. The summed E-state index contributed by atoms with van der Waals surface area (Å²) in [6, 6.07) is 2.57. The summed E-state index contributed by atoms with van der Waals surface area (Å²) in [6.07, 6.45) is 5.84. The molecule has 0 saturated carbocycles. The standard InChI is InChI=1S/C12H17N5/c1-8-10(13)3-2-6-17(8)12-9-4-5-14-7-11(9)15-16-12/h4-5,7-8,10H,2-3,6,13H2,1H3,(H,15,16). The summed E-state index contributed by atoms with van der Waals surface area (Å²) >= 11 is 0. The molecule has 5 heteroatoms. The number of hydrogen-bond acceptors (Lipinski definition) is 4. The number of H-pyrrole nitrogens is 1. The van der Waals surface area contributed by atoms with Crippen molar-refractivity contribution in [3.05, 3.63) is 18.5 Å². The molecule has 5 nitrogen and oxygen atoms in total. The molecule has 90 valence electrons. The van der Waals surface area contributed by atoms with Crippen LogP contribution in [0.15, 0.2) is 18.5 Å². The largest absolute Gasteiger partial charge is 0.350 e. The van der Waals surface area contributed by atoms with Crippen molar-refractivity contribution in [1.82, 2.24) is 15.2 Å². The lowest BCUT2D eigenvalue weighted by atomic mass is 9.98. The van der Waals surface area contributed by atoms with Crippen LogP contribution < -0.4 is 10.6 Å². The normalized spacial score (nSPS) is 25.4. The highest BCUT2D eigenvalue weighted by Gasteiger charge is 2.27. The highest BCUT2D eigenvalue weighted by atomic mass is 15.3. The molecule has 0 amide bonds. The summed E-state index contributed by atoms with van der Waals surface area (Å²) in [4.78, 5) is 6.39. The number of piperidine rings is 1. The van der Waals surface area contributed by atoms with Gasteiger partial charge < -0.3 is 10.6 Å². The number of nitrogens with one attached hydrogen (secondary N) is 1. The lowest BCUT2D eigenvalue weighted by molar-refractivity contribution is 0.419. The van der Waals surface area contributed by atoms with Crippen LogP contribution in [0.4, 0.5) is 5.82 Å². The Morgan fingerprint density at radius 1 is 1.53 bits per heavy atom. The molecule has 2 aromatic heterocycles. The van der Waals surface area contributed by atoms with E-state index in [4.69, 9.17) is 5.73 Å². The van der Waals surface area contributed by atoms with Crippen molar-refractivity contribution in [2.45, 2.75) is 31.8 Å². The number of aromatic nitrogens is 3. The first-order chi connectivity index (χ1) is 8.27. The van der Waals surface area contributed by atoms with Crippen LogP contribution >= 0.6 is 0 Å². The average molecular weight is 231 g/mol. The van der Waals surface area contributed by atoms with E-state index < -0.39 is 0 Å². The van der Waals surface area contributed by atoms with Crippen molar-refractivity contribution in [2.75, 3.05) is 11.4 Å². The Hall–Kier alpha value is -1.62. The van der Waals surface area contributed by atoms with Crippen LogP contribution in [-0.2, 0) is 0 Å². The Morgan fingerprint density at radius 3 is 3.29 bits per heavy atom. The van der Waals surface area contributed by atoms with E-state index in [2.05, 4.69) is 27.0 Å². The first-order valence-electron chi connectivity index (χ1n) is 6.07. The summed E-state index contributed by atoms with van der Waals surface area (Å²) < 4.78 is 0. The van der Waals surface area contributed by atoms with Gasteiger partial charge in [0.1, 0.15) is 0 Å². The molecule has 0 radical (unpaired) electrons. The van der Waals surface area contributed by atoms with Gasteiger partial charge in [-0.05, 0) is 25.8 Å². The highest BCUT2D eigenvalue weighted by molar-refractivity contribution is 5.89. The topological polar surface area (TPSA) is 70.8 Å². The Labute approximate surface area is 100 Å². The molecule has 1 aliphatic heterocycles. The van der Waals surface area contributed by atoms with E-state index in [1.807, 2.05) is 6.07 Å². The third-order valence-corrected chi connectivity index (χ3v) is 3.66. The van der Waals surface area contributed by atoms with Gasteiger partial charge in [0.2, 0.25) is 0 Å². The van der Waals surface area contributed by atoms with Gasteiger partial charge in [0.05, 0.1) is 11.7 Å². The number of fused-ring (bicyclic) bond motifs is 1. The van der Waals surface area contributed by atoms with Gasteiger partial charge in [0.15, 0.2) is 5.82 Å². The molecule has 0 aliphatic carbocycles. The third kappa shape index (κ3) is 1.67. The summed E-state index contributed by atoms with van der Waals surface area (Å²) in [5, 5.41) is 8.56. The third-order valence-electron chi connectivity index (χ3n) is 3.66. The van der Waals surface area contributed by atoms with E-state index in [1.165, 1.54) is 0 Å². The predicted octanol–water partition coefficient (Wildman–Crippen LogP) is 1.27. The molecular formula is C12H17N5. The van der Waals surface area contributed by atoms with Gasteiger partial charge in [-0.25, -0.2) is 0 Å². The minimum Gasteiger partial charge on any atom is -0.350 e. The molecule has 3 rings (SSSR count). The SMILES string of the molecule is CC1C(N)CCCN1c1n[nH]c2cnccc12. The van der Waals surface area contributed by atoms with Crippen LogP contribution in [-0.4, -0.2) is 33.8 Å². The summed E-state index contributed by atoms with van der Waals surface area (Å²) in [5.41, 5.74) is 7.11. The van der Waals surface area contributed by atoms with Crippen molar-refractivity contribution in [3.63, 3.8) is 0 Å². The summed E-state index contributed by atoms with van der Waals surface area (Å²) in [7, 11) is 0. The zero-order valence-electron chi connectivity index (χ0n) is 9.93. The lowest BCUT2D eigenvalue weighted by Crippen LogP contribution is -2.50. The fourth-order valence-electron chi connectivity index (χ4n) is 2.54. The van der Waals surface area contributed by atoms with E-state index in [1.54, 1.807) is 12.4 Å². The summed E-state index contributed by atoms with van der Waals surface area (Å²) in [5.74, 6) is 1.00. The van der Waals surface area contributed by atoms with E-state index in [9.17, 15) is 0 Å². The van der Waals surface area contributed by atoms with Crippen LogP contribution in [0.5, 0.6) is 0 Å². The van der Waals surface area contributed by atoms with Crippen LogP contribution in [0.3, 0.4) is 0 Å². The molecule has 2 unspecified atom stereocenters. The van der Waals surface area contributed by atoms with Crippen LogP contribution in [0, 0.1) is 0 Å². The molecule has 17 heavy (non-hydrogen) atoms. The molecular weight excluding hydrogens is 214 g/mol. The quantitative estimate of drug-likeness (QED) is 0.775. The average Bonchev–Trinajstić information content (AvgIpc) is 2.77. The minimum atomic E-state index is 0.234. The maximum Gasteiger partial charge on any atom is 0.158 e. The molecule has 0 bridgehead atoms. The molecule has 0 aromatic carbocycles. The Kier molecular flexibility index (Phi) is 2.48. The van der Waals surface area contributed by atoms with Gasteiger partial charge in [-0.2, -0.15) is 5.10 Å². The Bertz CT molecular complexity index is 520. The number of rotatable bonds is 1. The minimum absolute atomic E-state index is 0.234. The first kappa shape index (κ1) is 10.5. The van der Waals surface area contributed by atoms with Crippen molar-refractivity contribution >= 4 is 16.7 Å². The van der Waals surface area contributed by atoms with Crippen molar-refractivity contribution < 1.29 is 0 Å². The fraction of sp³-hybridized carbons (Fsp3) is 0.500. The van der Waals surface area contributed by atoms with Crippen LogP contribution in [0.25, 0.3) is 10.9 Å². The number of pyridine rings is 1. The molecule has 0 spiro atoms. The smallest absolute Gasteiger partial charge is 0.158 e. The zero-order valence-corrected chi connectivity index (χ0v) is 9.93. The van der Waals surface area contributed by atoms with Gasteiger partial charge in [-0.1, -0.05) is 0 Å². The second-order valence-corrected chi connectivity index (χ2v) is 4.71. The maximum atomic E-state index is 6.13. The van der Waals surface area contributed by atoms with Gasteiger partial charge in [0.25, 0.3) is 0 Å². The summed E-state index contributed by atoms with van der Waals surface area (Å²) in [6.45, 7) is 3.20. The number of hydrogen-bond donors (Lipinski definition) is 2. The van der Waals surface area contributed by atoms with E-state index in [-0.39, 0.29) is 6.04 Å². The molecule has 1 aliphatic rings. The number of nitrogens with zero attached hydrogens (tertiary/aromatic N) is 3. The molecule has 2 atom stereocenters. The predicted molar refractivity (Wildman–Crippen MR) is 67.9 cm³/mol. The molecule has 1 saturated heterocycles. The van der Waals surface area contributed by atoms with Crippen LogP contribution in [0.2, 0.25) is 0 Å². The van der Waals surface area contributed by atoms with Gasteiger partial charge in [-0.3, -0.25) is 10.1 Å². The zero-order chi connectivity index (χ0) is 11.8. The van der Waals surface area contributed by atoms with Crippen molar-refractivity contribution in [1.29, 1.82) is 0 Å². The monoisotopic (exact) mass is 231 g/mol. The number of nitrogens with two attached hydrogens (primary N) is 1. The molecule has 3 heterocycles. The van der Waals surface area contributed by atoms with Gasteiger partial charge in [0, 0.05) is 30.2 Å². The molecule has 1 fully saturated rings. The van der Waals surface area contributed by atoms with E-state index in [0.29, 0.717) is 6.04 Å². The van der Waals surface area contributed by atoms with E-state index in [0.717, 1.165) is 36.1 Å². The first-order valence-corrected chi connectivity index (χ1v) is 6.07. The molecule has 3 N–H and O–H groups in total. The van der Waals surface area contributed by atoms with Gasteiger partial charge >= 0.3 is 0 Å². The van der Waals surface area contributed by atoms with Crippen molar-refractivity contribution in [2.24, 2.45) is 5.73 Å². The van der Waals surface area contributed by atoms with Crippen molar-refractivity contribution in [3.8, 4) is 0 Å². The second kappa shape index (κ2) is 4.00. The number of aromatic amines is 1. The fourth-order valence-corrected chi connectivity index (χ4v) is 2.54. The van der Waals surface area contributed by atoms with E-state index >= 15 is 0 Å². The Balaban J connectivity index is 2.03. The van der Waals surface area contributed by atoms with Gasteiger partial charge in [-0.15, -0.1) is 0 Å². The highest BCUT2D eigenvalue weighted by Crippen LogP contribution is 2.28. The maximum absolute atomic E-state index is 6.13.